The van der Waals surface area contributed by atoms with Gasteiger partial charge >= 0.3 is 0 Å². The van der Waals surface area contributed by atoms with E-state index in [0.717, 1.165) is 32.9 Å². The number of fused-ring (bicyclic) bond motifs is 2. The van der Waals surface area contributed by atoms with Crippen molar-refractivity contribution in [1.82, 2.24) is 14.8 Å². The number of rotatable bonds is 12. The van der Waals surface area contributed by atoms with E-state index < -0.39 is 0 Å². The molecule has 2 aromatic carbocycles. The molecule has 0 atom stereocenters. The minimum Gasteiger partial charge on any atom is -0.395 e. The second-order valence-corrected chi connectivity index (χ2v) is 7.41. The van der Waals surface area contributed by atoms with Gasteiger partial charge in [0, 0.05) is 50.0 Å². The first-order valence-electron chi connectivity index (χ1n) is 10.4. The fourth-order valence-corrected chi connectivity index (χ4v) is 3.85. The summed E-state index contributed by atoms with van der Waals surface area (Å²) >= 11 is 0. The molecule has 0 aliphatic carbocycles. The Kier molecular flexibility index (Phi) is 8.50. The maximum Gasteiger partial charge on any atom is 0.0754 e. The standard InChI is InChI=1S/C23H31N3O4/c27-11-7-25(8-12-28)16-20-5-1-3-18-15-19-4-2-6-21(23(19)24-22(18)20)17-26(9-13-29)10-14-30/h1-6,15,27-30H,7-14,16-17H2. The lowest BCUT2D eigenvalue weighted by molar-refractivity contribution is 0.156. The number of nitrogens with zero attached hydrogens (tertiary/aromatic N) is 3. The number of aliphatic hydroxyl groups excluding tert-OH is 4. The Morgan fingerprint density at radius 3 is 1.37 bits per heavy atom. The zero-order valence-corrected chi connectivity index (χ0v) is 17.2. The predicted molar refractivity (Wildman–Crippen MR) is 118 cm³/mol. The van der Waals surface area contributed by atoms with E-state index in [-0.39, 0.29) is 26.4 Å². The Morgan fingerprint density at radius 2 is 1.00 bits per heavy atom. The molecule has 0 spiro atoms. The molecule has 30 heavy (non-hydrogen) atoms. The number of pyridine rings is 1. The minimum absolute atomic E-state index is 0.0385. The first-order valence-corrected chi connectivity index (χ1v) is 10.4. The van der Waals surface area contributed by atoms with Crippen molar-refractivity contribution in [1.29, 1.82) is 0 Å². The van der Waals surface area contributed by atoms with Crippen molar-refractivity contribution in [3.63, 3.8) is 0 Å². The zero-order valence-electron chi connectivity index (χ0n) is 17.2. The summed E-state index contributed by atoms with van der Waals surface area (Å²) in [7, 11) is 0. The molecule has 1 aromatic heterocycles. The van der Waals surface area contributed by atoms with Gasteiger partial charge in [0.1, 0.15) is 0 Å². The third-order valence-electron chi connectivity index (χ3n) is 5.29. The topological polar surface area (TPSA) is 100 Å². The van der Waals surface area contributed by atoms with Crippen molar-refractivity contribution in [2.24, 2.45) is 0 Å². The fraction of sp³-hybridized carbons (Fsp3) is 0.435. The van der Waals surface area contributed by atoms with Crippen LogP contribution < -0.4 is 0 Å². The van der Waals surface area contributed by atoms with E-state index in [1.165, 1.54) is 0 Å². The number of hydrogen-bond donors (Lipinski definition) is 4. The van der Waals surface area contributed by atoms with Gasteiger partial charge in [-0.3, -0.25) is 9.80 Å². The highest BCUT2D eigenvalue weighted by Gasteiger charge is 2.13. The van der Waals surface area contributed by atoms with Gasteiger partial charge in [-0.05, 0) is 17.2 Å². The Bertz CT molecular complexity index is 865. The molecule has 7 heteroatoms. The number of aliphatic hydroxyl groups is 4. The maximum atomic E-state index is 9.32. The number of aromatic nitrogens is 1. The van der Waals surface area contributed by atoms with Gasteiger partial charge in [0.2, 0.25) is 0 Å². The summed E-state index contributed by atoms with van der Waals surface area (Å²) in [6.07, 6.45) is 0. The zero-order chi connectivity index (χ0) is 21.3. The molecule has 0 aliphatic heterocycles. The highest BCUT2D eigenvalue weighted by molar-refractivity contribution is 5.95. The van der Waals surface area contributed by atoms with E-state index in [0.29, 0.717) is 39.3 Å². The van der Waals surface area contributed by atoms with Gasteiger partial charge < -0.3 is 20.4 Å². The van der Waals surface area contributed by atoms with E-state index in [2.05, 4.69) is 6.07 Å². The largest absolute Gasteiger partial charge is 0.395 e. The molecule has 1 heterocycles. The third kappa shape index (κ3) is 5.51. The van der Waals surface area contributed by atoms with Crippen LogP contribution in [-0.2, 0) is 13.1 Å². The van der Waals surface area contributed by atoms with Crippen molar-refractivity contribution >= 4 is 21.8 Å². The van der Waals surface area contributed by atoms with Gasteiger partial charge in [0.25, 0.3) is 0 Å². The summed E-state index contributed by atoms with van der Waals surface area (Å²) < 4.78 is 0. The second-order valence-electron chi connectivity index (χ2n) is 7.41. The molecular weight excluding hydrogens is 382 g/mol. The van der Waals surface area contributed by atoms with Crippen molar-refractivity contribution in [2.75, 3.05) is 52.6 Å². The van der Waals surface area contributed by atoms with E-state index in [1.807, 2.05) is 46.2 Å². The Hall–Kier alpha value is -2.13. The van der Waals surface area contributed by atoms with Gasteiger partial charge in [-0.1, -0.05) is 36.4 Å². The van der Waals surface area contributed by atoms with Gasteiger partial charge in [-0.25, -0.2) is 4.98 Å². The second kappa shape index (κ2) is 11.3. The normalized spacial score (nSPS) is 11.9. The summed E-state index contributed by atoms with van der Waals surface area (Å²) in [5.74, 6) is 0. The van der Waals surface area contributed by atoms with Crippen LogP contribution in [0.4, 0.5) is 0 Å². The third-order valence-corrected chi connectivity index (χ3v) is 5.29. The smallest absolute Gasteiger partial charge is 0.0754 e. The molecule has 7 nitrogen and oxygen atoms in total. The first kappa shape index (κ1) is 22.6. The van der Waals surface area contributed by atoms with Gasteiger partial charge in [-0.2, -0.15) is 0 Å². The van der Waals surface area contributed by atoms with Crippen LogP contribution in [0, 0.1) is 0 Å². The van der Waals surface area contributed by atoms with E-state index in [4.69, 9.17) is 4.98 Å². The Balaban J connectivity index is 2.02. The maximum absolute atomic E-state index is 9.32. The highest BCUT2D eigenvalue weighted by Crippen LogP contribution is 2.26. The number of hydrogen-bond acceptors (Lipinski definition) is 7. The molecule has 4 N–H and O–H groups in total. The summed E-state index contributed by atoms with van der Waals surface area (Å²) in [4.78, 5) is 9.04. The van der Waals surface area contributed by atoms with Crippen LogP contribution in [-0.4, -0.2) is 87.8 Å². The van der Waals surface area contributed by atoms with E-state index >= 15 is 0 Å². The quantitative estimate of drug-likeness (QED) is 0.328. The molecule has 0 radical (unpaired) electrons. The molecule has 3 rings (SSSR count). The van der Waals surface area contributed by atoms with Crippen molar-refractivity contribution < 1.29 is 20.4 Å². The minimum atomic E-state index is 0.0385. The SMILES string of the molecule is OCCN(CCO)Cc1cccc2cc3cccc(CN(CCO)CCO)c3nc12. The number of para-hydroxylation sites is 2. The van der Waals surface area contributed by atoms with Crippen LogP contribution in [0.3, 0.4) is 0 Å². The Morgan fingerprint density at radius 1 is 0.600 bits per heavy atom. The Labute approximate surface area is 176 Å². The molecule has 162 valence electrons. The van der Waals surface area contributed by atoms with Crippen LogP contribution in [0.25, 0.3) is 21.8 Å². The van der Waals surface area contributed by atoms with Crippen LogP contribution >= 0.6 is 0 Å². The predicted octanol–water partition coefficient (Wildman–Crippen LogP) is 0.961. The first-order chi connectivity index (χ1) is 14.7. The monoisotopic (exact) mass is 413 g/mol. The lowest BCUT2D eigenvalue weighted by Crippen LogP contribution is -2.29. The molecule has 0 fully saturated rings. The average molecular weight is 414 g/mol. The molecule has 0 unspecified atom stereocenters. The number of benzene rings is 2. The van der Waals surface area contributed by atoms with Crippen molar-refractivity contribution in [2.45, 2.75) is 13.1 Å². The lowest BCUT2D eigenvalue weighted by atomic mass is 10.0. The van der Waals surface area contributed by atoms with Crippen LogP contribution in [0.1, 0.15) is 11.1 Å². The summed E-state index contributed by atoms with van der Waals surface area (Å²) in [6.45, 7) is 3.32. The fourth-order valence-electron chi connectivity index (χ4n) is 3.85. The summed E-state index contributed by atoms with van der Waals surface area (Å²) in [5.41, 5.74) is 3.92. The van der Waals surface area contributed by atoms with E-state index in [9.17, 15) is 20.4 Å². The molecular formula is C23H31N3O4. The van der Waals surface area contributed by atoms with Gasteiger partial charge in [0.05, 0.1) is 37.5 Å². The average Bonchev–Trinajstić information content (AvgIpc) is 2.74. The van der Waals surface area contributed by atoms with Crippen LogP contribution in [0.5, 0.6) is 0 Å². The van der Waals surface area contributed by atoms with Gasteiger partial charge in [0.15, 0.2) is 0 Å². The van der Waals surface area contributed by atoms with E-state index in [1.54, 1.807) is 0 Å². The van der Waals surface area contributed by atoms with Gasteiger partial charge in [-0.15, -0.1) is 0 Å². The molecule has 0 amide bonds. The molecule has 0 bridgehead atoms. The van der Waals surface area contributed by atoms with Crippen LogP contribution in [0.15, 0.2) is 42.5 Å². The molecule has 0 saturated heterocycles. The molecule has 0 aliphatic rings. The lowest BCUT2D eigenvalue weighted by Gasteiger charge is -2.22. The highest BCUT2D eigenvalue weighted by atomic mass is 16.3. The molecule has 3 aromatic rings. The van der Waals surface area contributed by atoms with Crippen molar-refractivity contribution in [3.8, 4) is 0 Å². The molecule has 0 saturated carbocycles. The van der Waals surface area contributed by atoms with Crippen LogP contribution in [0.2, 0.25) is 0 Å². The van der Waals surface area contributed by atoms with Crippen molar-refractivity contribution in [3.05, 3.63) is 53.6 Å². The summed E-state index contributed by atoms with van der Waals surface area (Å²) in [5, 5.41) is 39.4. The summed E-state index contributed by atoms with van der Waals surface area (Å²) in [6, 6.07) is 14.3.